The van der Waals surface area contributed by atoms with Crippen LogP contribution in [0.2, 0.25) is 0 Å². The number of amides is 3. The fourth-order valence-electron chi connectivity index (χ4n) is 5.27. The standard InChI is InChI=1S/C36H39F2N3O7/c1-24(2)30(40-32(43)29-19-12-20-41(29)35(46)48-23-27-17-10-5-11-18-27)31(42)36(37,38)34(45)39-28(21-25-13-6-3-7-14-25)33(44)47-22-26-15-8-4-9-16-26/h3-11,13-18,24,28-30H,12,19-23H2,1-2H3,(H,39,45)(H,40,43). The van der Waals surface area contributed by atoms with Gasteiger partial charge in [0.2, 0.25) is 11.7 Å². The number of rotatable bonds is 14. The van der Waals surface area contributed by atoms with Crippen LogP contribution in [0.4, 0.5) is 13.6 Å². The number of ether oxygens (including phenoxy) is 2. The van der Waals surface area contributed by atoms with Crippen molar-refractivity contribution in [3.63, 3.8) is 0 Å². The number of nitrogens with one attached hydrogen (secondary N) is 2. The lowest BCUT2D eigenvalue weighted by Crippen LogP contribution is -2.60. The highest BCUT2D eigenvalue weighted by Gasteiger charge is 2.52. The van der Waals surface area contributed by atoms with E-state index < -0.39 is 59.6 Å². The molecule has 0 aromatic heterocycles. The summed E-state index contributed by atoms with van der Waals surface area (Å²) < 4.78 is 41.8. The zero-order chi connectivity index (χ0) is 34.7. The maximum absolute atomic E-state index is 15.6. The molecule has 3 aromatic carbocycles. The highest BCUT2D eigenvalue weighted by Crippen LogP contribution is 2.24. The van der Waals surface area contributed by atoms with Crippen LogP contribution in [-0.4, -0.2) is 65.2 Å². The van der Waals surface area contributed by atoms with Crippen LogP contribution in [0.5, 0.6) is 0 Å². The van der Waals surface area contributed by atoms with Gasteiger partial charge in [-0.2, -0.15) is 8.78 Å². The molecule has 254 valence electrons. The Hall–Kier alpha value is -5.13. The number of alkyl halides is 2. The lowest BCUT2D eigenvalue weighted by molar-refractivity contribution is -0.164. The monoisotopic (exact) mass is 663 g/mol. The molecule has 0 radical (unpaired) electrons. The van der Waals surface area contributed by atoms with Crippen LogP contribution in [0.15, 0.2) is 91.0 Å². The van der Waals surface area contributed by atoms with Crippen LogP contribution in [0.1, 0.15) is 43.4 Å². The molecule has 0 spiro atoms. The first-order valence-corrected chi connectivity index (χ1v) is 15.7. The van der Waals surface area contributed by atoms with Crippen LogP contribution in [0.25, 0.3) is 0 Å². The summed E-state index contributed by atoms with van der Waals surface area (Å²) in [6.45, 7) is 2.90. The number of likely N-dealkylation sites (tertiary alicyclic amines) is 1. The van der Waals surface area contributed by atoms with E-state index in [0.29, 0.717) is 17.5 Å². The molecule has 4 rings (SSSR count). The Kier molecular flexibility index (Phi) is 12.4. The number of hydrogen-bond acceptors (Lipinski definition) is 7. The predicted molar refractivity (Wildman–Crippen MR) is 171 cm³/mol. The molecule has 0 saturated carbocycles. The van der Waals surface area contributed by atoms with Gasteiger partial charge in [0.05, 0.1) is 6.04 Å². The van der Waals surface area contributed by atoms with E-state index in [-0.39, 0.29) is 32.6 Å². The van der Waals surface area contributed by atoms with Gasteiger partial charge < -0.3 is 20.1 Å². The quantitative estimate of drug-likeness (QED) is 0.190. The first kappa shape index (κ1) is 35.7. The van der Waals surface area contributed by atoms with Gasteiger partial charge in [-0.3, -0.25) is 19.3 Å². The SMILES string of the molecule is CC(C)C(NC(=O)C1CCCN1C(=O)OCc1ccccc1)C(=O)C(F)(F)C(=O)NC(Cc1ccccc1)C(=O)OCc1ccccc1. The highest BCUT2D eigenvalue weighted by molar-refractivity contribution is 6.11. The first-order valence-electron chi connectivity index (χ1n) is 15.7. The fraction of sp³-hybridized carbons (Fsp3) is 0.361. The topological polar surface area (TPSA) is 131 Å². The van der Waals surface area contributed by atoms with E-state index >= 15 is 8.78 Å². The van der Waals surface area contributed by atoms with E-state index in [9.17, 15) is 24.0 Å². The number of carbonyl (C=O) groups excluding carboxylic acids is 5. The number of hydrogen-bond donors (Lipinski definition) is 2. The molecule has 3 atom stereocenters. The first-order chi connectivity index (χ1) is 23.0. The Morgan fingerprint density at radius 2 is 1.31 bits per heavy atom. The molecule has 3 aromatic rings. The molecule has 12 heteroatoms. The summed E-state index contributed by atoms with van der Waals surface area (Å²) in [5, 5.41) is 4.35. The van der Waals surface area contributed by atoms with E-state index in [1.54, 1.807) is 84.9 Å². The third-order valence-electron chi connectivity index (χ3n) is 7.93. The summed E-state index contributed by atoms with van der Waals surface area (Å²) in [6.07, 6.45) is -0.237. The summed E-state index contributed by atoms with van der Waals surface area (Å²) in [5.41, 5.74) is 1.95. The van der Waals surface area contributed by atoms with Crippen LogP contribution in [0.3, 0.4) is 0 Å². The van der Waals surface area contributed by atoms with Crippen molar-refractivity contribution < 1.29 is 42.2 Å². The van der Waals surface area contributed by atoms with E-state index in [1.807, 2.05) is 11.4 Å². The third kappa shape index (κ3) is 9.46. The Labute approximate surface area is 277 Å². The van der Waals surface area contributed by atoms with Crippen LogP contribution >= 0.6 is 0 Å². The van der Waals surface area contributed by atoms with E-state index in [4.69, 9.17) is 9.47 Å². The number of nitrogens with zero attached hydrogens (tertiary/aromatic N) is 1. The smallest absolute Gasteiger partial charge is 0.410 e. The van der Waals surface area contributed by atoms with Gasteiger partial charge in [0.1, 0.15) is 25.3 Å². The van der Waals surface area contributed by atoms with E-state index in [1.165, 1.54) is 18.7 Å². The van der Waals surface area contributed by atoms with Gasteiger partial charge in [0.15, 0.2) is 0 Å². The number of Topliss-reactive ketones (excluding diaryl/α,β-unsaturated/α-hetero) is 1. The van der Waals surface area contributed by atoms with Crippen molar-refractivity contribution in [2.24, 2.45) is 5.92 Å². The van der Waals surface area contributed by atoms with Crippen molar-refractivity contribution in [2.45, 2.75) is 70.4 Å². The van der Waals surface area contributed by atoms with Crippen molar-refractivity contribution in [1.82, 2.24) is 15.5 Å². The number of halogens is 2. The lowest BCUT2D eigenvalue weighted by atomic mass is 9.94. The van der Waals surface area contributed by atoms with Crippen molar-refractivity contribution in [3.05, 3.63) is 108 Å². The molecule has 48 heavy (non-hydrogen) atoms. The summed E-state index contributed by atoms with van der Waals surface area (Å²) in [6, 6.07) is 21.7. The number of ketones is 1. The summed E-state index contributed by atoms with van der Waals surface area (Å²) in [5.74, 6) is -11.1. The van der Waals surface area contributed by atoms with Gasteiger partial charge in [0.25, 0.3) is 5.91 Å². The molecular weight excluding hydrogens is 624 g/mol. The van der Waals surface area contributed by atoms with E-state index in [2.05, 4.69) is 5.32 Å². The Morgan fingerprint density at radius 1 is 0.792 bits per heavy atom. The molecule has 3 unspecified atom stereocenters. The fourth-order valence-corrected chi connectivity index (χ4v) is 5.27. The zero-order valence-electron chi connectivity index (χ0n) is 26.8. The number of benzene rings is 3. The van der Waals surface area contributed by atoms with Gasteiger partial charge >= 0.3 is 18.0 Å². The largest absolute Gasteiger partial charge is 0.459 e. The minimum absolute atomic E-state index is 0.0238. The molecule has 10 nitrogen and oxygen atoms in total. The van der Waals surface area contributed by atoms with E-state index in [0.717, 1.165) is 5.56 Å². The lowest BCUT2D eigenvalue weighted by Gasteiger charge is -2.29. The number of carbonyl (C=O) groups is 5. The zero-order valence-corrected chi connectivity index (χ0v) is 26.8. The summed E-state index contributed by atoms with van der Waals surface area (Å²) in [4.78, 5) is 66.6. The molecule has 2 N–H and O–H groups in total. The average molecular weight is 664 g/mol. The van der Waals surface area contributed by atoms with Crippen LogP contribution in [0, 0.1) is 5.92 Å². The molecule has 0 bridgehead atoms. The third-order valence-corrected chi connectivity index (χ3v) is 7.93. The van der Waals surface area contributed by atoms with Crippen LogP contribution in [-0.2, 0) is 48.3 Å². The Balaban J connectivity index is 1.43. The summed E-state index contributed by atoms with van der Waals surface area (Å²) >= 11 is 0. The predicted octanol–water partition coefficient (Wildman–Crippen LogP) is 4.60. The van der Waals surface area contributed by atoms with Crippen molar-refractivity contribution in [3.8, 4) is 0 Å². The molecule has 1 aliphatic heterocycles. The highest BCUT2D eigenvalue weighted by atomic mass is 19.3. The van der Waals surface area contributed by atoms with Crippen molar-refractivity contribution >= 4 is 29.7 Å². The molecule has 1 heterocycles. The van der Waals surface area contributed by atoms with Gasteiger partial charge in [-0.1, -0.05) is 105 Å². The minimum Gasteiger partial charge on any atom is -0.459 e. The maximum atomic E-state index is 15.6. The average Bonchev–Trinajstić information content (AvgIpc) is 3.59. The Morgan fingerprint density at radius 3 is 1.85 bits per heavy atom. The molecule has 1 aliphatic rings. The Bertz CT molecular complexity index is 1560. The van der Waals surface area contributed by atoms with Gasteiger partial charge in [0, 0.05) is 13.0 Å². The van der Waals surface area contributed by atoms with Crippen LogP contribution < -0.4 is 10.6 Å². The van der Waals surface area contributed by atoms with Crippen molar-refractivity contribution in [1.29, 1.82) is 0 Å². The maximum Gasteiger partial charge on any atom is 0.410 e. The molecule has 1 fully saturated rings. The molecule has 0 aliphatic carbocycles. The molecule has 3 amide bonds. The molecule has 1 saturated heterocycles. The van der Waals surface area contributed by atoms with Crippen molar-refractivity contribution in [2.75, 3.05) is 6.54 Å². The summed E-state index contributed by atoms with van der Waals surface area (Å²) in [7, 11) is 0. The second kappa shape index (κ2) is 16.6. The number of esters is 1. The van der Waals surface area contributed by atoms with Gasteiger partial charge in [-0.05, 0) is 35.4 Å². The second-order valence-corrected chi connectivity index (χ2v) is 11.9. The van der Waals surface area contributed by atoms with Gasteiger partial charge in [-0.15, -0.1) is 0 Å². The minimum atomic E-state index is -4.62. The second-order valence-electron chi connectivity index (χ2n) is 11.9. The molecular formula is C36H39F2N3O7. The normalized spacial score (nSPS) is 15.7. The van der Waals surface area contributed by atoms with Gasteiger partial charge in [-0.25, -0.2) is 9.59 Å².